The van der Waals surface area contributed by atoms with Crippen LogP contribution in [0.3, 0.4) is 0 Å². The van der Waals surface area contributed by atoms with Gasteiger partial charge < -0.3 is 9.84 Å². The average molecular weight is 270 g/mol. The molecule has 0 spiro atoms. The largest absolute Gasteiger partial charge is 0.468 e. The molecule has 1 aliphatic heterocycles. The highest BCUT2D eigenvalue weighted by molar-refractivity contribution is 6.31. The zero-order chi connectivity index (χ0) is 13.1. The number of hydrogen-bond acceptors (Lipinski definition) is 4. The van der Waals surface area contributed by atoms with Crippen LogP contribution in [0.25, 0.3) is 0 Å². The molecule has 2 rings (SSSR count). The number of carbonyl (C=O) groups is 1. The molecule has 1 heterocycles. The molecule has 0 unspecified atom stereocenters. The third kappa shape index (κ3) is 2.83. The van der Waals surface area contributed by atoms with Crippen molar-refractivity contribution in [3.63, 3.8) is 0 Å². The van der Waals surface area contributed by atoms with E-state index in [2.05, 4.69) is 0 Å². The Balaban J connectivity index is 2.12. The molecule has 1 aromatic rings. The standard InChI is InChI=1S/C13H16ClNO3/c1-18-13(17)12-6-10(16)8-15(12)7-9-4-2-3-5-11(9)14/h2-5,10,12,16H,6-8H2,1H3/t10-,12+/m1/s1. The van der Waals surface area contributed by atoms with Crippen LogP contribution < -0.4 is 0 Å². The number of aliphatic hydroxyl groups excluding tert-OH is 1. The summed E-state index contributed by atoms with van der Waals surface area (Å²) in [4.78, 5) is 13.5. The quantitative estimate of drug-likeness (QED) is 0.844. The summed E-state index contributed by atoms with van der Waals surface area (Å²) < 4.78 is 4.76. The summed E-state index contributed by atoms with van der Waals surface area (Å²) in [5.41, 5.74) is 0.946. The van der Waals surface area contributed by atoms with Crippen molar-refractivity contribution in [2.24, 2.45) is 0 Å². The van der Waals surface area contributed by atoms with E-state index in [4.69, 9.17) is 16.3 Å². The van der Waals surface area contributed by atoms with Gasteiger partial charge in [-0.05, 0) is 11.6 Å². The molecule has 1 fully saturated rings. The summed E-state index contributed by atoms with van der Waals surface area (Å²) in [7, 11) is 1.36. The molecule has 2 atom stereocenters. The summed E-state index contributed by atoms with van der Waals surface area (Å²) in [5, 5.41) is 10.3. The van der Waals surface area contributed by atoms with Gasteiger partial charge in [0, 0.05) is 24.5 Å². The van der Waals surface area contributed by atoms with Crippen LogP contribution in [-0.4, -0.2) is 41.8 Å². The Hall–Kier alpha value is -1.10. The Labute approximate surface area is 111 Å². The van der Waals surface area contributed by atoms with E-state index >= 15 is 0 Å². The zero-order valence-corrected chi connectivity index (χ0v) is 10.9. The Bertz CT molecular complexity index is 438. The fourth-order valence-corrected chi connectivity index (χ4v) is 2.48. The first-order valence-electron chi connectivity index (χ1n) is 5.85. The molecule has 0 amide bonds. The molecule has 0 saturated carbocycles. The summed E-state index contributed by atoms with van der Waals surface area (Å²) in [6, 6.07) is 7.11. The predicted molar refractivity (Wildman–Crippen MR) is 68.3 cm³/mol. The number of β-amino-alcohol motifs (C(OH)–C–C–N with tert-alkyl or cyclic N) is 1. The summed E-state index contributed by atoms with van der Waals surface area (Å²) in [5.74, 6) is -0.307. The molecule has 5 heteroatoms. The number of methoxy groups -OCH3 is 1. The van der Waals surface area contributed by atoms with Crippen LogP contribution in [0.1, 0.15) is 12.0 Å². The minimum Gasteiger partial charge on any atom is -0.468 e. The maximum Gasteiger partial charge on any atom is 0.323 e. The van der Waals surface area contributed by atoms with Crippen molar-refractivity contribution in [2.45, 2.75) is 25.1 Å². The minimum atomic E-state index is -0.489. The van der Waals surface area contributed by atoms with E-state index in [0.29, 0.717) is 24.5 Å². The van der Waals surface area contributed by atoms with Crippen LogP contribution in [0.4, 0.5) is 0 Å². The van der Waals surface area contributed by atoms with Crippen LogP contribution in [0.15, 0.2) is 24.3 Å². The van der Waals surface area contributed by atoms with Crippen LogP contribution in [0.5, 0.6) is 0 Å². The topological polar surface area (TPSA) is 49.8 Å². The Morgan fingerprint density at radius 2 is 2.28 bits per heavy atom. The lowest BCUT2D eigenvalue weighted by molar-refractivity contribution is -0.146. The van der Waals surface area contributed by atoms with E-state index in [9.17, 15) is 9.90 Å². The number of carbonyl (C=O) groups excluding carboxylic acids is 1. The highest BCUT2D eigenvalue weighted by Crippen LogP contribution is 2.24. The maximum absolute atomic E-state index is 11.6. The van der Waals surface area contributed by atoms with Crippen LogP contribution in [0, 0.1) is 0 Å². The molecule has 1 N–H and O–H groups in total. The lowest BCUT2D eigenvalue weighted by Gasteiger charge is -2.22. The normalized spacial score (nSPS) is 24.2. The molecule has 0 aliphatic carbocycles. The molecule has 18 heavy (non-hydrogen) atoms. The summed E-state index contributed by atoms with van der Waals surface area (Å²) in [6.07, 6.45) is -0.0755. The van der Waals surface area contributed by atoms with Gasteiger partial charge >= 0.3 is 5.97 Å². The van der Waals surface area contributed by atoms with E-state index in [1.807, 2.05) is 29.2 Å². The van der Waals surface area contributed by atoms with Crippen molar-refractivity contribution in [2.75, 3.05) is 13.7 Å². The molecule has 0 radical (unpaired) electrons. The van der Waals surface area contributed by atoms with Crippen molar-refractivity contribution in [3.05, 3.63) is 34.9 Å². The number of likely N-dealkylation sites (tertiary alicyclic amines) is 1. The van der Waals surface area contributed by atoms with Gasteiger partial charge in [0.25, 0.3) is 0 Å². The highest BCUT2D eigenvalue weighted by Gasteiger charge is 2.36. The smallest absolute Gasteiger partial charge is 0.323 e. The first-order chi connectivity index (χ1) is 8.61. The number of benzene rings is 1. The fourth-order valence-electron chi connectivity index (χ4n) is 2.28. The van der Waals surface area contributed by atoms with E-state index in [0.717, 1.165) is 5.56 Å². The van der Waals surface area contributed by atoms with Gasteiger partial charge in [-0.1, -0.05) is 29.8 Å². The van der Waals surface area contributed by atoms with Gasteiger partial charge in [-0.25, -0.2) is 0 Å². The van der Waals surface area contributed by atoms with Gasteiger partial charge in [-0.15, -0.1) is 0 Å². The van der Waals surface area contributed by atoms with Gasteiger partial charge in [0.15, 0.2) is 0 Å². The van der Waals surface area contributed by atoms with Gasteiger partial charge in [0.05, 0.1) is 13.2 Å². The van der Waals surface area contributed by atoms with Crippen LogP contribution in [0.2, 0.25) is 5.02 Å². The Morgan fingerprint density at radius 1 is 1.56 bits per heavy atom. The lowest BCUT2D eigenvalue weighted by atomic mass is 10.1. The molecule has 1 aliphatic rings. The van der Waals surface area contributed by atoms with E-state index in [-0.39, 0.29) is 12.0 Å². The molecule has 1 saturated heterocycles. The number of esters is 1. The summed E-state index contributed by atoms with van der Waals surface area (Å²) >= 11 is 6.09. The number of hydrogen-bond donors (Lipinski definition) is 1. The number of halogens is 1. The lowest BCUT2D eigenvalue weighted by Crippen LogP contribution is -2.36. The van der Waals surface area contributed by atoms with Crippen molar-refractivity contribution in [1.29, 1.82) is 0 Å². The first kappa shape index (κ1) is 13.3. The van der Waals surface area contributed by atoms with Crippen LogP contribution in [-0.2, 0) is 16.1 Å². The molecule has 4 nitrogen and oxygen atoms in total. The molecular weight excluding hydrogens is 254 g/mol. The number of rotatable bonds is 3. The minimum absolute atomic E-state index is 0.307. The number of aliphatic hydroxyl groups is 1. The van der Waals surface area contributed by atoms with Crippen molar-refractivity contribution < 1.29 is 14.6 Å². The first-order valence-corrected chi connectivity index (χ1v) is 6.23. The second kappa shape index (κ2) is 5.69. The number of nitrogens with zero attached hydrogens (tertiary/aromatic N) is 1. The second-order valence-electron chi connectivity index (χ2n) is 4.45. The maximum atomic E-state index is 11.6. The fraction of sp³-hybridized carbons (Fsp3) is 0.462. The SMILES string of the molecule is COC(=O)[C@@H]1C[C@@H](O)CN1Cc1ccccc1Cl. The van der Waals surface area contributed by atoms with Crippen molar-refractivity contribution in [1.82, 2.24) is 4.90 Å². The zero-order valence-electron chi connectivity index (χ0n) is 10.2. The second-order valence-corrected chi connectivity index (χ2v) is 4.86. The van der Waals surface area contributed by atoms with E-state index < -0.39 is 6.10 Å². The summed E-state index contributed by atoms with van der Waals surface area (Å²) in [6.45, 7) is 1.00. The molecule has 0 bridgehead atoms. The molecule has 0 aromatic heterocycles. The molecule has 98 valence electrons. The van der Waals surface area contributed by atoms with Crippen LogP contribution >= 0.6 is 11.6 Å². The van der Waals surface area contributed by atoms with Gasteiger partial charge in [0.2, 0.25) is 0 Å². The number of ether oxygens (including phenoxy) is 1. The molecular formula is C13H16ClNO3. The third-order valence-electron chi connectivity index (χ3n) is 3.19. The van der Waals surface area contributed by atoms with E-state index in [1.54, 1.807) is 0 Å². The van der Waals surface area contributed by atoms with Crippen molar-refractivity contribution in [3.8, 4) is 0 Å². The van der Waals surface area contributed by atoms with Gasteiger partial charge in [0.1, 0.15) is 6.04 Å². The Kier molecular flexibility index (Phi) is 4.22. The van der Waals surface area contributed by atoms with Gasteiger partial charge in [-0.3, -0.25) is 9.69 Å². The van der Waals surface area contributed by atoms with Gasteiger partial charge in [-0.2, -0.15) is 0 Å². The highest BCUT2D eigenvalue weighted by atomic mass is 35.5. The van der Waals surface area contributed by atoms with E-state index in [1.165, 1.54) is 7.11 Å². The van der Waals surface area contributed by atoms with Crippen molar-refractivity contribution >= 4 is 17.6 Å². The monoisotopic (exact) mass is 269 g/mol. The predicted octanol–water partition coefficient (Wildman–Crippen LogP) is 1.45. The average Bonchev–Trinajstić information content (AvgIpc) is 2.72. The Morgan fingerprint density at radius 3 is 2.94 bits per heavy atom. The molecule has 1 aromatic carbocycles. The third-order valence-corrected chi connectivity index (χ3v) is 3.55.